The number of amides is 1. The van der Waals surface area contributed by atoms with Crippen LogP contribution in [0.3, 0.4) is 0 Å². The van der Waals surface area contributed by atoms with E-state index in [1.165, 1.54) is 4.90 Å². The number of benzene rings is 1. The van der Waals surface area contributed by atoms with Gasteiger partial charge >= 0.3 is 5.97 Å². The molecular weight excluding hydrogens is 348 g/mol. The maximum atomic E-state index is 13.8. The van der Waals surface area contributed by atoms with Crippen molar-refractivity contribution in [3.05, 3.63) is 33.8 Å². The fourth-order valence-corrected chi connectivity index (χ4v) is 2.89. The maximum absolute atomic E-state index is 13.8. The van der Waals surface area contributed by atoms with Gasteiger partial charge in [-0.3, -0.25) is 9.59 Å². The van der Waals surface area contributed by atoms with E-state index >= 15 is 0 Å². The summed E-state index contributed by atoms with van der Waals surface area (Å²) in [5.41, 5.74) is -0.558. The van der Waals surface area contributed by atoms with Crippen LogP contribution in [-0.4, -0.2) is 35.0 Å². The molecule has 0 spiro atoms. The highest BCUT2D eigenvalue weighted by atomic mass is 79.9. The number of nitrogens with zero attached hydrogens (tertiary/aromatic N) is 1. The van der Waals surface area contributed by atoms with Crippen molar-refractivity contribution in [2.75, 3.05) is 13.1 Å². The second kappa shape index (κ2) is 6.51. The molecule has 1 aliphatic heterocycles. The number of carboxylic acids is 1. The molecule has 0 radical (unpaired) electrons. The van der Waals surface area contributed by atoms with Crippen molar-refractivity contribution < 1.29 is 23.5 Å². The monoisotopic (exact) mass is 361 g/mol. The van der Waals surface area contributed by atoms with Gasteiger partial charge in [0.15, 0.2) is 0 Å². The normalized spacial score (nSPS) is 18.0. The molecular formula is C14H14BrF2NO3. The minimum absolute atomic E-state index is 0.0354. The molecule has 1 atom stereocenters. The Hall–Kier alpha value is -1.50. The zero-order chi connectivity index (χ0) is 15.6. The number of likely N-dealkylation sites (tertiary alicyclic amines) is 1. The second-order valence-electron chi connectivity index (χ2n) is 5.08. The van der Waals surface area contributed by atoms with Gasteiger partial charge in [0.2, 0.25) is 0 Å². The molecule has 1 fully saturated rings. The summed E-state index contributed by atoms with van der Waals surface area (Å²) < 4.78 is 27.8. The fraction of sp³-hybridized carbons (Fsp3) is 0.429. The maximum Gasteiger partial charge on any atom is 0.303 e. The molecule has 7 heteroatoms. The van der Waals surface area contributed by atoms with E-state index in [1.807, 2.05) is 0 Å². The zero-order valence-electron chi connectivity index (χ0n) is 11.1. The van der Waals surface area contributed by atoms with Crippen LogP contribution in [0.2, 0.25) is 0 Å². The van der Waals surface area contributed by atoms with Gasteiger partial charge in [0.05, 0.1) is 0 Å². The Morgan fingerprint density at radius 3 is 2.52 bits per heavy atom. The van der Waals surface area contributed by atoms with Gasteiger partial charge in [-0.1, -0.05) is 15.9 Å². The van der Waals surface area contributed by atoms with Crippen molar-refractivity contribution in [1.29, 1.82) is 0 Å². The molecule has 1 aromatic rings. The standard InChI is InChI=1S/C14H14BrF2NO3/c15-9-5-10(16)13(11(17)6-9)14(21)18-4-3-8(7-18)1-2-12(19)20/h5-6,8H,1-4,7H2,(H,19,20). The number of carboxylic acid groups (broad SMARTS) is 1. The van der Waals surface area contributed by atoms with Crippen LogP contribution >= 0.6 is 15.9 Å². The first-order valence-corrected chi connectivity index (χ1v) is 7.33. The molecule has 1 N–H and O–H groups in total. The number of hydrogen-bond donors (Lipinski definition) is 1. The fourth-order valence-electron chi connectivity index (χ4n) is 2.48. The molecule has 1 saturated heterocycles. The molecule has 1 unspecified atom stereocenters. The molecule has 114 valence electrons. The quantitative estimate of drug-likeness (QED) is 0.896. The smallest absolute Gasteiger partial charge is 0.303 e. The molecule has 1 aliphatic rings. The minimum atomic E-state index is -0.902. The lowest BCUT2D eigenvalue weighted by molar-refractivity contribution is -0.137. The Morgan fingerprint density at radius 2 is 1.95 bits per heavy atom. The van der Waals surface area contributed by atoms with Crippen molar-refractivity contribution in [3.63, 3.8) is 0 Å². The van der Waals surface area contributed by atoms with E-state index < -0.39 is 29.1 Å². The first kappa shape index (κ1) is 15.9. The van der Waals surface area contributed by atoms with Crippen LogP contribution in [0.1, 0.15) is 29.6 Å². The van der Waals surface area contributed by atoms with Crippen molar-refractivity contribution in [3.8, 4) is 0 Å². The number of aliphatic carboxylic acids is 1. The van der Waals surface area contributed by atoms with Gasteiger partial charge in [-0.15, -0.1) is 0 Å². The number of carbonyl (C=O) groups is 2. The Labute approximate surface area is 128 Å². The minimum Gasteiger partial charge on any atom is -0.481 e. The third-order valence-electron chi connectivity index (χ3n) is 3.56. The summed E-state index contributed by atoms with van der Waals surface area (Å²) in [6, 6.07) is 2.10. The van der Waals surface area contributed by atoms with Crippen LogP contribution in [-0.2, 0) is 4.79 Å². The van der Waals surface area contributed by atoms with Crippen LogP contribution < -0.4 is 0 Å². The summed E-state index contributed by atoms with van der Waals surface area (Å²) in [7, 11) is 0. The van der Waals surface area contributed by atoms with Crippen LogP contribution in [0.25, 0.3) is 0 Å². The first-order valence-electron chi connectivity index (χ1n) is 6.54. The van der Waals surface area contributed by atoms with E-state index in [1.54, 1.807) is 0 Å². The van der Waals surface area contributed by atoms with Gasteiger partial charge in [-0.05, 0) is 30.9 Å². The van der Waals surface area contributed by atoms with E-state index in [0.717, 1.165) is 12.1 Å². The highest BCUT2D eigenvalue weighted by Crippen LogP contribution is 2.26. The summed E-state index contributed by atoms with van der Waals surface area (Å²) >= 11 is 2.96. The average Bonchev–Trinajstić information content (AvgIpc) is 2.83. The lowest BCUT2D eigenvalue weighted by Gasteiger charge is -2.17. The molecule has 1 aromatic carbocycles. The van der Waals surface area contributed by atoms with Crippen molar-refractivity contribution in [2.45, 2.75) is 19.3 Å². The lowest BCUT2D eigenvalue weighted by Crippen LogP contribution is -2.30. The Bertz CT molecular complexity index is 556. The Balaban J connectivity index is 2.07. The lowest BCUT2D eigenvalue weighted by atomic mass is 10.0. The summed E-state index contributed by atoms with van der Waals surface area (Å²) in [6.07, 6.45) is 1.15. The third-order valence-corrected chi connectivity index (χ3v) is 4.02. The Kier molecular flexibility index (Phi) is 4.92. The average molecular weight is 362 g/mol. The van der Waals surface area contributed by atoms with Gasteiger partial charge in [0, 0.05) is 24.0 Å². The number of rotatable bonds is 4. The predicted molar refractivity (Wildman–Crippen MR) is 74.9 cm³/mol. The summed E-state index contributed by atoms with van der Waals surface area (Å²) in [5, 5.41) is 8.64. The highest BCUT2D eigenvalue weighted by Gasteiger charge is 2.30. The van der Waals surface area contributed by atoms with E-state index in [2.05, 4.69) is 15.9 Å². The van der Waals surface area contributed by atoms with Gasteiger partial charge in [-0.2, -0.15) is 0 Å². The largest absolute Gasteiger partial charge is 0.481 e. The van der Waals surface area contributed by atoms with E-state index in [9.17, 15) is 18.4 Å². The van der Waals surface area contributed by atoms with Crippen LogP contribution in [0.4, 0.5) is 8.78 Å². The van der Waals surface area contributed by atoms with E-state index in [-0.39, 0.29) is 16.8 Å². The van der Waals surface area contributed by atoms with E-state index in [4.69, 9.17) is 5.11 Å². The third kappa shape index (κ3) is 3.78. The molecule has 1 amide bonds. The predicted octanol–water partition coefficient (Wildman–Crippen LogP) is 3.05. The zero-order valence-corrected chi connectivity index (χ0v) is 12.7. The molecule has 2 rings (SSSR count). The van der Waals surface area contributed by atoms with Crippen LogP contribution in [0.15, 0.2) is 16.6 Å². The van der Waals surface area contributed by atoms with Crippen LogP contribution in [0.5, 0.6) is 0 Å². The first-order chi connectivity index (χ1) is 9.88. The van der Waals surface area contributed by atoms with Gasteiger partial charge in [0.1, 0.15) is 17.2 Å². The second-order valence-corrected chi connectivity index (χ2v) is 6.00. The Morgan fingerprint density at radius 1 is 1.33 bits per heavy atom. The number of hydrogen-bond acceptors (Lipinski definition) is 2. The van der Waals surface area contributed by atoms with Crippen molar-refractivity contribution in [2.24, 2.45) is 5.92 Å². The van der Waals surface area contributed by atoms with Crippen molar-refractivity contribution >= 4 is 27.8 Å². The van der Waals surface area contributed by atoms with Gasteiger partial charge < -0.3 is 10.0 Å². The van der Waals surface area contributed by atoms with Crippen molar-refractivity contribution in [1.82, 2.24) is 4.90 Å². The van der Waals surface area contributed by atoms with Gasteiger partial charge in [0.25, 0.3) is 5.91 Å². The molecule has 0 aliphatic carbocycles. The topological polar surface area (TPSA) is 57.6 Å². The summed E-state index contributed by atoms with van der Waals surface area (Å²) in [5.74, 6) is -3.31. The SMILES string of the molecule is O=C(O)CCC1CCN(C(=O)c2c(F)cc(Br)cc2F)C1. The van der Waals surface area contributed by atoms with Crippen LogP contribution in [0, 0.1) is 17.6 Å². The molecule has 0 bridgehead atoms. The van der Waals surface area contributed by atoms with E-state index in [0.29, 0.717) is 25.9 Å². The number of halogens is 3. The molecule has 4 nitrogen and oxygen atoms in total. The molecule has 0 aromatic heterocycles. The van der Waals surface area contributed by atoms with Gasteiger partial charge in [-0.25, -0.2) is 8.78 Å². The summed E-state index contributed by atoms with van der Waals surface area (Å²) in [6.45, 7) is 0.721. The molecule has 1 heterocycles. The molecule has 21 heavy (non-hydrogen) atoms. The number of carbonyl (C=O) groups excluding carboxylic acids is 1. The molecule has 0 saturated carbocycles. The highest BCUT2D eigenvalue weighted by molar-refractivity contribution is 9.10. The summed E-state index contributed by atoms with van der Waals surface area (Å²) in [4.78, 5) is 24.1.